The maximum atomic E-state index is 12.5. The van der Waals surface area contributed by atoms with E-state index in [1.165, 1.54) is 10.4 Å². The summed E-state index contributed by atoms with van der Waals surface area (Å²) in [6, 6.07) is -0.0672. The standard InChI is InChI=1S/C16H22N4O2S/c1-8-4-5-10-11(6-8)23-16-13(10)15(22)19-14(20-16)9(2)18-7-12(21)17-3/h8-9,18H,4-7H2,1-3H3,(H,17,21)(H,19,20,22)/p+1/t8-,9-/m0/s1. The number of hydrogen-bond acceptors (Lipinski definition) is 4. The molecule has 0 unspecified atom stereocenters. The van der Waals surface area contributed by atoms with Crippen LogP contribution in [0.5, 0.6) is 0 Å². The smallest absolute Gasteiger partial charge is 0.274 e. The molecule has 0 spiro atoms. The van der Waals surface area contributed by atoms with E-state index >= 15 is 0 Å². The van der Waals surface area contributed by atoms with Crippen molar-refractivity contribution < 1.29 is 10.1 Å². The van der Waals surface area contributed by atoms with E-state index in [-0.39, 0.29) is 17.5 Å². The van der Waals surface area contributed by atoms with Gasteiger partial charge < -0.3 is 15.6 Å². The van der Waals surface area contributed by atoms with Crippen LogP contribution >= 0.6 is 11.3 Å². The fraction of sp³-hybridized carbons (Fsp3) is 0.562. The minimum atomic E-state index is -0.0672. The van der Waals surface area contributed by atoms with Gasteiger partial charge in [0.2, 0.25) is 0 Å². The third kappa shape index (κ3) is 3.16. The molecule has 0 aliphatic heterocycles. The van der Waals surface area contributed by atoms with Gasteiger partial charge in [0.1, 0.15) is 10.9 Å². The first-order valence-corrected chi connectivity index (χ1v) is 8.89. The highest BCUT2D eigenvalue weighted by atomic mass is 32.1. The first kappa shape index (κ1) is 16.1. The lowest BCUT2D eigenvalue weighted by atomic mass is 9.89. The van der Waals surface area contributed by atoms with Crippen LogP contribution in [0.1, 0.15) is 42.6 Å². The van der Waals surface area contributed by atoms with Crippen molar-refractivity contribution in [3.05, 3.63) is 26.6 Å². The summed E-state index contributed by atoms with van der Waals surface area (Å²) in [7, 11) is 1.62. The molecule has 1 amide bonds. The molecule has 2 atom stereocenters. The molecule has 1 aliphatic carbocycles. The van der Waals surface area contributed by atoms with E-state index in [2.05, 4.69) is 22.2 Å². The van der Waals surface area contributed by atoms with Gasteiger partial charge in [-0.2, -0.15) is 0 Å². The van der Waals surface area contributed by atoms with Crippen LogP contribution in [-0.4, -0.2) is 29.5 Å². The molecule has 0 radical (unpaired) electrons. The molecule has 0 saturated carbocycles. The number of H-pyrrole nitrogens is 1. The second kappa shape index (κ2) is 6.41. The highest BCUT2D eigenvalue weighted by Gasteiger charge is 2.24. The number of fused-ring (bicyclic) bond motifs is 3. The molecule has 2 aromatic rings. The van der Waals surface area contributed by atoms with Crippen LogP contribution in [-0.2, 0) is 17.6 Å². The Bertz CT molecular complexity index is 795. The Morgan fingerprint density at radius 1 is 1.57 bits per heavy atom. The van der Waals surface area contributed by atoms with E-state index in [0.29, 0.717) is 18.3 Å². The molecule has 1 aliphatic rings. The Balaban J connectivity index is 1.92. The number of carbonyl (C=O) groups is 1. The fourth-order valence-corrected chi connectivity index (χ4v) is 4.47. The molecule has 0 saturated heterocycles. The van der Waals surface area contributed by atoms with E-state index in [1.807, 2.05) is 12.2 Å². The molecule has 7 heteroatoms. The number of quaternary nitrogens is 1. The number of nitrogens with two attached hydrogens (primary N) is 1. The lowest BCUT2D eigenvalue weighted by Gasteiger charge is -2.17. The molecule has 2 heterocycles. The van der Waals surface area contributed by atoms with Crippen LogP contribution in [0.4, 0.5) is 0 Å². The van der Waals surface area contributed by atoms with Gasteiger partial charge in [-0.25, -0.2) is 4.98 Å². The van der Waals surface area contributed by atoms with Gasteiger partial charge in [-0.05, 0) is 37.7 Å². The summed E-state index contributed by atoms with van der Waals surface area (Å²) in [5.74, 6) is 1.27. The van der Waals surface area contributed by atoms with Gasteiger partial charge in [0, 0.05) is 11.9 Å². The number of aryl methyl sites for hydroxylation is 1. The Morgan fingerprint density at radius 2 is 2.35 bits per heavy atom. The third-order valence-corrected chi connectivity index (χ3v) is 5.70. The maximum Gasteiger partial charge on any atom is 0.274 e. The maximum absolute atomic E-state index is 12.5. The molecule has 23 heavy (non-hydrogen) atoms. The van der Waals surface area contributed by atoms with Gasteiger partial charge in [0.05, 0.1) is 5.39 Å². The summed E-state index contributed by atoms with van der Waals surface area (Å²) < 4.78 is 0. The van der Waals surface area contributed by atoms with Crippen molar-refractivity contribution in [1.82, 2.24) is 15.3 Å². The van der Waals surface area contributed by atoms with Crippen molar-refractivity contribution in [3.8, 4) is 0 Å². The predicted molar refractivity (Wildman–Crippen MR) is 90.7 cm³/mol. The normalized spacial score (nSPS) is 18.7. The second-order valence-corrected chi connectivity index (χ2v) is 7.47. The van der Waals surface area contributed by atoms with Crippen LogP contribution in [0.3, 0.4) is 0 Å². The average Bonchev–Trinajstić information content (AvgIpc) is 2.89. The molecule has 0 bridgehead atoms. The molecule has 3 rings (SSSR count). The molecule has 0 fully saturated rings. The zero-order chi connectivity index (χ0) is 16.6. The van der Waals surface area contributed by atoms with Gasteiger partial charge in [0.15, 0.2) is 12.4 Å². The Hall–Kier alpha value is -1.73. The molecule has 124 valence electrons. The molecule has 0 aromatic carbocycles. The minimum absolute atomic E-state index is 0.0409. The lowest BCUT2D eigenvalue weighted by Crippen LogP contribution is -2.87. The van der Waals surface area contributed by atoms with Crippen LogP contribution < -0.4 is 16.2 Å². The SMILES string of the molecule is CNC(=O)C[NH2+][C@@H](C)c1nc2sc3c(c2c(=O)[nH]1)CC[C@H](C)C3. The number of carbonyl (C=O) groups excluding carboxylic acids is 1. The van der Waals surface area contributed by atoms with Crippen molar-refractivity contribution in [2.45, 2.75) is 39.2 Å². The monoisotopic (exact) mass is 335 g/mol. The first-order valence-electron chi connectivity index (χ1n) is 8.08. The van der Waals surface area contributed by atoms with Crippen LogP contribution in [0.15, 0.2) is 4.79 Å². The number of hydrogen-bond donors (Lipinski definition) is 3. The number of aromatic nitrogens is 2. The van der Waals surface area contributed by atoms with E-state index in [0.717, 1.165) is 29.5 Å². The summed E-state index contributed by atoms with van der Waals surface area (Å²) in [5.41, 5.74) is 1.16. The fourth-order valence-electron chi connectivity index (χ4n) is 3.08. The summed E-state index contributed by atoms with van der Waals surface area (Å²) in [5, 5.41) is 5.24. The Morgan fingerprint density at radius 3 is 3.09 bits per heavy atom. The summed E-state index contributed by atoms with van der Waals surface area (Å²) in [6.45, 7) is 4.52. The average molecular weight is 335 g/mol. The highest BCUT2D eigenvalue weighted by molar-refractivity contribution is 7.18. The number of rotatable bonds is 4. The summed E-state index contributed by atoms with van der Waals surface area (Å²) in [6.07, 6.45) is 3.15. The topological polar surface area (TPSA) is 91.5 Å². The minimum Gasteiger partial charge on any atom is -0.354 e. The number of likely N-dealkylation sites (N-methyl/N-ethyl adjacent to an activating group) is 1. The van der Waals surface area contributed by atoms with Crippen LogP contribution in [0.25, 0.3) is 10.2 Å². The second-order valence-electron chi connectivity index (χ2n) is 6.38. The molecular formula is C16H23N4O2S+. The van der Waals surface area contributed by atoms with E-state index in [1.54, 1.807) is 18.4 Å². The van der Waals surface area contributed by atoms with Gasteiger partial charge in [-0.1, -0.05) is 6.92 Å². The van der Waals surface area contributed by atoms with Gasteiger partial charge >= 0.3 is 0 Å². The molecule has 2 aromatic heterocycles. The zero-order valence-corrected chi connectivity index (χ0v) is 14.5. The van der Waals surface area contributed by atoms with Crippen LogP contribution in [0.2, 0.25) is 0 Å². The summed E-state index contributed by atoms with van der Waals surface area (Å²) in [4.78, 5) is 33.6. The Kier molecular flexibility index (Phi) is 4.50. The highest BCUT2D eigenvalue weighted by Crippen LogP contribution is 2.35. The predicted octanol–water partition coefficient (Wildman–Crippen LogP) is 0.480. The van der Waals surface area contributed by atoms with E-state index in [4.69, 9.17) is 0 Å². The first-order chi connectivity index (χ1) is 11.0. The lowest BCUT2D eigenvalue weighted by molar-refractivity contribution is -0.683. The van der Waals surface area contributed by atoms with Crippen molar-refractivity contribution in [3.63, 3.8) is 0 Å². The zero-order valence-electron chi connectivity index (χ0n) is 13.7. The number of nitrogens with one attached hydrogen (secondary N) is 2. The van der Waals surface area contributed by atoms with Crippen molar-refractivity contribution in [2.75, 3.05) is 13.6 Å². The molecule has 4 N–H and O–H groups in total. The van der Waals surface area contributed by atoms with E-state index < -0.39 is 0 Å². The number of thiophene rings is 1. The largest absolute Gasteiger partial charge is 0.354 e. The van der Waals surface area contributed by atoms with Crippen molar-refractivity contribution in [1.29, 1.82) is 0 Å². The number of nitrogens with zero attached hydrogens (tertiary/aromatic N) is 1. The quantitative estimate of drug-likeness (QED) is 0.759. The summed E-state index contributed by atoms with van der Waals surface area (Å²) >= 11 is 1.65. The molecular weight excluding hydrogens is 312 g/mol. The number of aromatic amines is 1. The van der Waals surface area contributed by atoms with Crippen LogP contribution in [0, 0.1) is 5.92 Å². The Labute approximate surface area is 138 Å². The van der Waals surface area contributed by atoms with Gasteiger partial charge in [-0.15, -0.1) is 11.3 Å². The van der Waals surface area contributed by atoms with E-state index in [9.17, 15) is 9.59 Å². The number of amides is 1. The molecule has 6 nitrogen and oxygen atoms in total. The van der Waals surface area contributed by atoms with Gasteiger partial charge in [0.25, 0.3) is 11.5 Å². The third-order valence-electron chi connectivity index (χ3n) is 4.55. The van der Waals surface area contributed by atoms with Gasteiger partial charge in [-0.3, -0.25) is 9.59 Å². The van der Waals surface area contributed by atoms with Crippen molar-refractivity contribution in [2.24, 2.45) is 5.92 Å². The van der Waals surface area contributed by atoms with Crippen molar-refractivity contribution >= 4 is 27.5 Å².